The van der Waals surface area contributed by atoms with Crippen molar-refractivity contribution < 1.29 is 9.84 Å². The third-order valence-electron chi connectivity index (χ3n) is 5.85. The van der Waals surface area contributed by atoms with Gasteiger partial charge < -0.3 is 14.7 Å². The van der Waals surface area contributed by atoms with Crippen molar-refractivity contribution in [1.82, 2.24) is 14.9 Å². The molecule has 2 aliphatic heterocycles. The van der Waals surface area contributed by atoms with Gasteiger partial charge in [0.1, 0.15) is 11.5 Å². The summed E-state index contributed by atoms with van der Waals surface area (Å²) in [5.41, 5.74) is 1.76. The monoisotopic (exact) mass is 384 g/mol. The number of aromatic nitrogens is 2. The first-order valence-electron chi connectivity index (χ1n) is 10.1. The maximum Gasteiger partial charge on any atom is 0.252 e. The summed E-state index contributed by atoms with van der Waals surface area (Å²) in [6, 6.07) is 7.11. The second kappa shape index (κ2) is 8.22. The molecule has 0 bridgehead atoms. The topological polar surface area (TPSA) is 81.7 Å². The fraction of sp³-hybridized carbons (Fsp3) is 0.524. The van der Waals surface area contributed by atoms with E-state index in [1.807, 2.05) is 12.1 Å². The Bertz CT molecular complexity index is 868. The van der Waals surface area contributed by atoms with Gasteiger partial charge in [-0.25, -0.2) is 4.98 Å². The van der Waals surface area contributed by atoms with Crippen LogP contribution in [-0.2, 0) is 6.54 Å². The summed E-state index contributed by atoms with van der Waals surface area (Å²) in [7, 11) is 1.59. The lowest BCUT2D eigenvalue weighted by Crippen LogP contribution is -2.33. The van der Waals surface area contributed by atoms with Crippen molar-refractivity contribution in [2.24, 2.45) is 0 Å². The van der Waals surface area contributed by atoms with Gasteiger partial charge in [0.05, 0.1) is 12.8 Å². The van der Waals surface area contributed by atoms with Crippen LogP contribution in [0, 0.1) is 0 Å². The molecule has 3 heterocycles. The van der Waals surface area contributed by atoms with Gasteiger partial charge in [0, 0.05) is 43.2 Å². The van der Waals surface area contributed by atoms with Crippen LogP contribution in [0.15, 0.2) is 29.1 Å². The van der Waals surface area contributed by atoms with E-state index in [2.05, 4.69) is 14.8 Å². The fourth-order valence-electron chi connectivity index (χ4n) is 4.18. The van der Waals surface area contributed by atoms with Crippen LogP contribution in [0.3, 0.4) is 0 Å². The third kappa shape index (κ3) is 4.14. The Labute approximate surface area is 165 Å². The zero-order valence-electron chi connectivity index (χ0n) is 16.4. The standard InChI is InChI=1S/C21H28N4O3/c1-28-17-5-4-16(19(26)12-17)14-24-10-6-15(7-11-24)18-13-20(27)23-21(22-18)25-8-2-3-9-25/h4-5,12-13,15,26H,2-3,6-11,14H2,1H3,(H,22,23,27). The highest BCUT2D eigenvalue weighted by Gasteiger charge is 2.24. The first-order valence-corrected chi connectivity index (χ1v) is 10.1. The maximum atomic E-state index is 12.1. The first-order chi connectivity index (χ1) is 13.6. The van der Waals surface area contributed by atoms with E-state index in [-0.39, 0.29) is 11.3 Å². The minimum absolute atomic E-state index is 0.0579. The number of nitrogens with one attached hydrogen (secondary N) is 1. The van der Waals surface area contributed by atoms with E-state index < -0.39 is 0 Å². The molecule has 2 fully saturated rings. The fourth-order valence-corrected chi connectivity index (χ4v) is 4.18. The van der Waals surface area contributed by atoms with Gasteiger partial charge >= 0.3 is 0 Å². The number of nitrogens with zero attached hydrogens (tertiary/aromatic N) is 3. The summed E-state index contributed by atoms with van der Waals surface area (Å²) in [6.45, 7) is 4.49. The van der Waals surface area contributed by atoms with Gasteiger partial charge in [0.2, 0.25) is 5.95 Å². The van der Waals surface area contributed by atoms with Gasteiger partial charge in [-0.15, -0.1) is 0 Å². The van der Waals surface area contributed by atoms with Crippen LogP contribution in [-0.4, -0.2) is 53.3 Å². The molecule has 0 radical (unpaired) electrons. The van der Waals surface area contributed by atoms with E-state index in [0.717, 1.165) is 69.1 Å². The molecule has 0 saturated carbocycles. The molecule has 2 saturated heterocycles. The summed E-state index contributed by atoms with van der Waals surface area (Å²) < 4.78 is 5.15. The van der Waals surface area contributed by atoms with E-state index in [0.29, 0.717) is 18.2 Å². The average Bonchev–Trinajstić information content (AvgIpc) is 3.24. The summed E-state index contributed by atoms with van der Waals surface area (Å²) >= 11 is 0. The summed E-state index contributed by atoms with van der Waals surface area (Å²) in [6.07, 6.45) is 4.24. The summed E-state index contributed by atoms with van der Waals surface area (Å²) in [4.78, 5) is 24.3. The molecule has 0 unspecified atom stereocenters. The first kappa shape index (κ1) is 18.8. The van der Waals surface area contributed by atoms with Crippen LogP contribution >= 0.6 is 0 Å². The normalized spacial score (nSPS) is 18.5. The molecule has 0 atom stereocenters. The highest BCUT2D eigenvalue weighted by molar-refractivity contribution is 5.39. The largest absolute Gasteiger partial charge is 0.507 e. The number of anilines is 1. The van der Waals surface area contributed by atoms with Crippen LogP contribution in [0.25, 0.3) is 0 Å². The maximum absolute atomic E-state index is 12.1. The van der Waals surface area contributed by atoms with Gasteiger partial charge in [-0.1, -0.05) is 6.07 Å². The van der Waals surface area contributed by atoms with Crippen LogP contribution in [0.4, 0.5) is 5.95 Å². The Morgan fingerprint density at radius 3 is 2.61 bits per heavy atom. The lowest BCUT2D eigenvalue weighted by molar-refractivity contribution is 0.201. The van der Waals surface area contributed by atoms with Gasteiger partial charge in [-0.3, -0.25) is 14.7 Å². The van der Waals surface area contributed by atoms with Gasteiger partial charge in [-0.05, 0) is 44.8 Å². The zero-order chi connectivity index (χ0) is 19.5. The molecule has 0 amide bonds. The quantitative estimate of drug-likeness (QED) is 0.824. The molecule has 7 heteroatoms. The molecule has 2 aromatic rings. The van der Waals surface area contributed by atoms with Crippen molar-refractivity contribution >= 4 is 5.95 Å². The number of phenols is 1. The van der Waals surface area contributed by atoms with E-state index in [4.69, 9.17) is 9.72 Å². The number of likely N-dealkylation sites (tertiary alicyclic amines) is 1. The molecule has 150 valence electrons. The van der Waals surface area contributed by atoms with Gasteiger partial charge in [0.25, 0.3) is 5.56 Å². The molecule has 1 aromatic carbocycles. The van der Waals surface area contributed by atoms with Crippen molar-refractivity contribution in [1.29, 1.82) is 0 Å². The molecule has 28 heavy (non-hydrogen) atoms. The van der Waals surface area contributed by atoms with Crippen LogP contribution in [0.5, 0.6) is 11.5 Å². The second-order valence-corrected chi connectivity index (χ2v) is 7.73. The zero-order valence-corrected chi connectivity index (χ0v) is 16.4. The number of piperidine rings is 1. The Morgan fingerprint density at radius 1 is 1.18 bits per heavy atom. The van der Waals surface area contributed by atoms with Gasteiger partial charge in [-0.2, -0.15) is 0 Å². The Morgan fingerprint density at radius 2 is 1.93 bits per heavy atom. The minimum Gasteiger partial charge on any atom is -0.507 e. The molecular formula is C21H28N4O3. The molecule has 4 rings (SSSR count). The molecule has 2 N–H and O–H groups in total. The molecule has 0 aliphatic carbocycles. The van der Waals surface area contributed by atoms with E-state index in [1.165, 1.54) is 0 Å². The van der Waals surface area contributed by atoms with Crippen LogP contribution in [0.1, 0.15) is 42.9 Å². The van der Waals surface area contributed by atoms with E-state index in [9.17, 15) is 9.90 Å². The SMILES string of the molecule is COc1ccc(CN2CCC(c3cc(=O)[nH]c(N4CCCC4)n3)CC2)c(O)c1. The summed E-state index contributed by atoms with van der Waals surface area (Å²) in [5.74, 6) is 1.97. The minimum atomic E-state index is -0.0579. The molecule has 0 spiro atoms. The van der Waals surface area contributed by atoms with Crippen LogP contribution < -0.4 is 15.2 Å². The van der Waals surface area contributed by atoms with Crippen molar-refractivity contribution in [2.45, 2.75) is 38.1 Å². The molecular weight excluding hydrogens is 356 g/mol. The highest BCUT2D eigenvalue weighted by atomic mass is 16.5. The Balaban J connectivity index is 1.39. The number of hydrogen-bond acceptors (Lipinski definition) is 6. The predicted molar refractivity (Wildman–Crippen MR) is 108 cm³/mol. The number of hydrogen-bond donors (Lipinski definition) is 2. The Hall–Kier alpha value is -2.54. The second-order valence-electron chi connectivity index (χ2n) is 7.73. The average molecular weight is 384 g/mol. The number of rotatable bonds is 5. The number of H-pyrrole nitrogens is 1. The third-order valence-corrected chi connectivity index (χ3v) is 5.85. The van der Waals surface area contributed by atoms with E-state index in [1.54, 1.807) is 19.2 Å². The molecule has 1 aromatic heterocycles. The number of methoxy groups -OCH3 is 1. The van der Waals surface area contributed by atoms with Crippen molar-refractivity contribution in [2.75, 3.05) is 38.2 Å². The number of benzene rings is 1. The molecule has 2 aliphatic rings. The highest BCUT2D eigenvalue weighted by Crippen LogP contribution is 2.30. The van der Waals surface area contributed by atoms with Gasteiger partial charge in [0.15, 0.2) is 0 Å². The molecule has 7 nitrogen and oxygen atoms in total. The Kier molecular flexibility index (Phi) is 5.52. The number of aromatic amines is 1. The van der Waals surface area contributed by atoms with Crippen molar-refractivity contribution in [3.63, 3.8) is 0 Å². The van der Waals surface area contributed by atoms with Crippen molar-refractivity contribution in [3.8, 4) is 11.5 Å². The lowest BCUT2D eigenvalue weighted by atomic mass is 9.93. The lowest BCUT2D eigenvalue weighted by Gasteiger charge is -2.32. The van der Waals surface area contributed by atoms with E-state index >= 15 is 0 Å². The number of phenolic OH excluding ortho intramolecular Hbond substituents is 1. The predicted octanol–water partition coefficient (Wildman–Crippen LogP) is 2.46. The smallest absolute Gasteiger partial charge is 0.252 e. The van der Waals surface area contributed by atoms with Crippen molar-refractivity contribution in [3.05, 3.63) is 45.9 Å². The summed E-state index contributed by atoms with van der Waals surface area (Å²) in [5, 5.41) is 10.2. The van der Waals surface area contributed by atoms with Crippen LogP contribution in [0.2, 0.25) is 0 Å². The number of aromatic hydroxyl groups is 1. The number of ether oxygens (including phenoxy) is 1.